The zero-order valence-corrected chi connectivity index (χ0v) is 14.8. The van der Waals surface area contributed by atoms with Crippen LogP contribution >= 0.6 is 0 Å². The van der Waals surface area contributed by atoms with Crippen LogP contribution in [0.25, 0.3) is 43.7 Å². The van der Waals surface area contributed by atoms with Crippen molar-refractivity contribution in [3.8, 4) is 11.1 Å². The lowest BCUT2D eigenvalue weighted by molar-refractivity contribution is 0.827. The number of aryl methyl sites for hydroxylation is 1. The summed E-state index contributed by atoms with van der Waals surface area (Å²) in [4.78, 5) is 0. The van der Waals surface area contributed by atoms with Gasteiger partial charge >= 0.3 is 0 Å². The van der Waals surface area contributed by atoms with Gasteiger partial charge in [-0.05, 0) is 58.5 Å². The molecule has 1 nitrogen and oxygen atoms in total. The van der Waals surface area contributed by atoms with Crippen LogP contribution in [0.2, 0.25) is 0 Å². The van der Waals surface area contributed by atoms with Gasteiger partial charge in [0.05, 0.1) is 0 Å². The molecule has 5 aromatic rings. The molecule has 1 aromatic heterocycles. The van der Waals surface area contributed by atoms with E-state index in [9.17, 15) is 0 Å². The average molecular weight is 333 g/mol. The fourth-order valence-electron chi connectivity index (χ4n) is 4.91. The average Bonchev–Trinajstić information content (AvgIpc) is 3.22. The quantitative estimate of drug-likeness (QED) is 0.322. The highest BCUT2D eigenvalue weighted by atomic mass is 15.0. The Bertz CT molecular complexity index is 1340. The first-order valence-corrected chi connectivity index (χ1v) is 9.40. The summed E-state index contributed by atoms with van der Waals surface area (Å²) < 4.78 is 2.47. The maximum Gasteiger partial charge on any atom is 0.0498 e. The topological polar surface area (TPSA) is 4.93 Å². The molecule has 0 atom stereocenters. The van der Waals surface area contributed by atoms with Crippen LogP contribution in [-0.2, 0) is 13.0 Å². The molecule has 0 unspecified atom stereocenters. The van der Waals surface area contributed by atoms with E-state index in [4.69, 9.17) is 0 Å². The van der Waals surface area contributed by atoms with Crippen molar-refractivity contribution in [2.24, 2.45) is 0 Å². The highest BCUT2D eigenvalue weighted by Gasteiger charge is 2.24. The first-order chi connectivity index (χ1) is 12.9. The van der Waals surface area contributed by atoms with Crippen LogP contribution in [0.15, 0.2) is 72.8 Å². The fourth-order valence-corrected chi connectivity index (χ4v) is 4.91. The van der Waals surface area contributed by atoms with Crippen LogP contribution in [0, 0.1) is 0 Å². The third-order valence-corrected chi connectivity index (χ3v) is 5.99. The summed E-state index contributed by atoms with van der Waals surface area (Å²) in [7, 11) is 0. The standard InChI is InChI=1S/C25H19N/c1-2-26-21-13-11-16-7-3-5-9-19(16)24(21)25-22(26)14-12-18-15-17-8-4-6-10-20(17)23(18)25/h3-14H,2,15H2,1H3. The van der Waals surface area contributed by atoms with Crippen LogP contribution in [0.3, 0.4) is 0 Å². The van der Waals surface area contributed by atoms with E-state index in [0.29, 0.717) is 0 Å². The van der Waals surface area contributed by atoms with Crippen molar-refractivity contribution in [1.29, 1.82) is 0 Å². The second-order valence-corrected chi connectivity index (χ2v) is 7.25. The molecule has 4 aromatic carbocycles. The smallest absolute Gasteiger partial charge is 0.0498 e. The second kappa shape index (κ2) is 4.98. The molecular weight excluding hydrogens is 314 g/mol. The normalized spacial score (nSPS) is 12.8. The summed E-state index contributed by atoms with van der Waals surface area (Å²) in [6, 6.07) is 26.9. The lowest BCUT2D eigenvalue weighted by Crippen LogP contribution is -1.93. The molecular formula is C25H19N. The van der Waals surface area contributed by atoms with E-state index in [1.54, 1.807) is 0 Å². The molecule has 0 amide bonds. The molecule has 0 spiro atoms. The summed E-state index contributed by atoms with van der Waals surface area (Å²) in [5, 5.41) is 5.52. The van der Waals surface area contributed by atoms with Crippen LogP contribution in [-0.4, -0.2) is 4.57 Å². The minimum atomic E-state index is 0.985. The molecule has 1 heterocycles. The van der Waals surface area contributed by atoms with Crippen molar-refractivity contribution in [3.63, 3.8) is 0 Å². The number of fused-ring (bicyclic) bond motifs is 9. The fraction of sp³-hybridized carbons (Fsp3) is 0.120. The molecule has 1 aliphatic rings. The van der Waals surface area contributed by atoms with Gasteiger partial charge in [0.15, 0.2) is 0 Å². The van der Waals surface area contributed by atoms with Gasteiger partial charge in [0.1, 0.15) is 0 Å². The minimum Gasteiger partial charge on any atom is -0.341 e. The van der Waals surface area contributed by atoms with E-state index in [1.165, 1.54) is 54.8 Å². The van der Waals surface area contributed by atoms with Crippen molar-refractivity contribution >= 4 is 32.6 Å². The second-order valence-electron chi connectivity index (χ2n) is 7.25. The molecule has 0 saturated carbocycles. The van der Waals surface area contributed by atoms with E-state index in [0.717, 1.165) is 13.0 Å². The van der Waals surface area contributed by atoms with Crippen LogP contribution in [0.5, 0.6) is 0 Å². The monoisotopic (exact) mass is 333 g/mol. The molecule has 0 bridgehead atoms. The minimum absolute atomic E-state index is 0.985. The summed E-state index contributed by atoms with van der Waals surface area (Å²) in [5.74, 6) is 0. The predicted octanol–water partition coefficient (Wildman–Crippen LogP) is 6.54. The molecule has 26 heavy (non-hydrogen) atoms. The maximum atomic E-state index is 2.47. The van der Waals surface area contributed by atoms with Crippen LogP contribution in [0.4, 0.5) is 0 Å². The van der Waals surface area contributed by atoms with E-state index >= 15 is 0 Å². The van der Waals surface area contributed by atoms with Gasteiger partial charge in [-0.3, -0.25) is 0 Å². The Morgan fingerprint density at radius 2 is 1.50 bits per heavy atom. The highest BCUT2D eigenvalue weighted by Crippen LogP contribution is 2.46. The Kier molecular flexibility index (Phi) is 2.71. The molecule has 0 aliphatic heterocycles. The van der Waals surface area contributed by atoms with Gasteiger partial charge in [0.25, 0.3) is 0 Å². The van der Waals surface area contributed by atoms with E-state index < -0.39 is 0 Å². The predicted molar refractivity (Wildman–Crippen MR) is 111 cm³/mol. The Hall–Kier alpha value is -3.06. The van der Waals surface area contributed by atoms with Gasteiger partial charge in [-0.15, -0.1) is 0 Å². The summed E-state index contributed by atoms with van der Waals surface area (Å²) in [6.07, 6.45) is 1.05. The number of benzene rings is 4. The molecule has 0 N–H and O–H groups in total. The highest BCUT2D eigenvalue weighted by molar-refractivity contribution is 6.25. The Labute approximate surface area is 152 Å². The zero-order chi connectivity index (χ0) is 17.3. The van der Waals surface area contributed by atoms with Crippen molar-refractivity contribution in [2.45, 2.75) is 19.9 Å². The van der Waals surface area contributed by atoms with Crippen LogP contribution in [0.1, 0.15) is 18.1 Å². The molecule has 0 fully saturated rings. The maximum absolute atomic E-state index is 2.47. The van der Waals surface area contributed by atoms with Gasteiger partial charge in [-0.1, -0.05) is 60.7 Å². The van der Waals surface area contributed by atoms with Crippen molar-refractivity contribution < 1.29 is 0 Å². The van der Waals surface area contributed by atoms with E-state index in [-0.39, 0.29) is 0 Å². The molecule has 1 heteroatoms. The third-order valence-electron chi connectivity index (χ3n) is 5.99. The summed E-state index contributed by atoms with van der Waals surface area (Å²) in [5.41, 5.74) is 8.48. The van der Waals surface area contributed by atoms with Gasteiger partial charge < -0.3 is 4.57 Å². The number of aromatic nitrogens is 1. The van der Waals surface area contributed by atoms with Gasteiger partial charge in [0, 0.05) is 28.4 Å². The Morgan fingerprint density at radius 1 is 0.731 bits per heavy atom. The van der Waals surface area contributed by atoms with Crippen LogP contribution < -0.4 is 0 Å². The Morgan fingerprint density at radius 3 is 2.42 bits per heavy atom. The first-order valence-electron chi connectivity index (χ1n) is 9.40. The number of hydrogen-bond acceptors (Lipinski definition) is 0. The van der Waals surface area contributed by atoms with Crippen molar-refractivity contribution in [3.05, 3.63) is 83.9 Å². The molecule has 1 aliphatic carbocycles. The number of nitrogens with zero attached hydrogens (tertiary/aromatic N) is 1. The number of hydrogen-bond donors (Lipinski definition) is 0. The van der Waals surface area contributed by atoms with E-state index in [2.05, 4.69) is 84.3 Å². The van der Waals surface area contributed by atoms with Gasteiger partial charge in [-0.2, -0.15) is 0 Å². The van der Waals surface area contributed by atoms with E-state index in [1.807, 2.05) is 0 Å². The molecule has 6 rings (SSSR count). The molecule has 124 valence electrons. The summed E-state index contributed by atoms with van der Waals surface area (Å²) in [6.45, 7) is 3.23. The molecule has 0 radical (unpaired) electrons. The lowest BCUT2D eigenvalue weighted by Gasteiger charge is -2.06. The zero-order valence-electron chi connectivity index (χ0n) is 14.8. The van der Waals surface area contributed by atoms with Crippen molar-refractivity contribution in [2.75, 3.05) is 0 Å². The Balaban J connectivity index is 1.92. The van der Waals surface area contributed by atoms with Gasteiger partial charge in [0.2, 0.25) is 0 Å². The van der Waals surface area contributed by atoms with Crippen molar-refractivity contribution in [1.82, 2.24) is 4.57 Å². The number of rotatable bonds is 1. The molecule has 0 saturated heterocycles. The first kappa shape index (κ1) is 14.1. The lowest BCUT2D eigenvalue weighted by atomic mass is 9.96. The third kappa shape index (κ3) is 1.65. The summed E-state index contributed by atoms with van der Waals surface area (Å²) >= 11 is 0. The largest absolute Gasteiger partial charge is 0.341 e. The SMILES string of the molecule is CCn1c2ccc3c(c2c2c4ccccc4ccc21)-c1ccccc1C3. The van der Waals surface area contributed by atoms with Gasteiger partial charge in [-0.25, -0.2) is 0 Å².